The minimum Gasteiger partial charge on any atom is -0.349 e. The van der Waals surface area contributed by atoms with Crippen molar-refractivity contribution in [3.63, 3.8) is 0 Å². The standard InChI is InChI=1S/C15H20N2O3S/c1-11(12-6-7-12)16-15(18)13-4-2-5-14(10-13)17-8-3-9-21(17,19)20/h2,4-5,10-12H,3,6-9H2,1H3,(H,16,18). The van der Waals surface area contributed by atoms with E-state index in [9.17, 15) is 13.2 Å². The first-order valence-electron chi connectivity index (χ1n) is 7.39. The zero-order valence-electron chi connectivity index (χ0n) is 12.1. The monoisotopic (exact) mass is 308 g/mol. The smallest absolute Gasteiger partial charge is 0.251 e. The van der Waals surface area contributed by atoms with Gasteiger partial charge in [0, 0.05) is 18.2 Å². The van der Waals surface area contributed by atoms with Crippen LogP contribution in [0.15, 0.2) is 24.3 Å². The maximum Gasteiger partial charge on any atom is 0.251 e. The van der Waals surface area contributed by atoms with E-state index < -0.39 is 10.0 Å². The average molecular weight is 308 g/mol. The summed E-state index contributed by atoms with van der Waals surface area (Å²) in [6.07, 6.45) is 2.98. The predicted octanol–water partition coefficient (Wildman–Crippen LogP) is 1.75. The minimum absolute atomic E-state index is 0.132. The van der Waals surface area contributed by atoms with Crippen molar-refractivity contribution in [2.45, 2.75) is 32.2 Å². The van der Waals surface area contributed by atoms with E-state index in [0.29, 0.717) is 30.1 Å². The zero-order chi connectivity index (χ0) is 15.0. The Balaban J connectivity index is 1.78. The van der Waals surface area contributed by atoms with Crippen LogP contribution in [0, 0.1) is 5.92 Å². The highest BCUT2D eigenvalue weighted by Gasteiger charge is 2.30. The zero-order valence-corrected chi connectivity index (χ0v) is 12.9. The van der Waals surface area contributed by atoms with Crippen LogP contribution >= 0.6 is 0 Å². The van der Waals surface area contributed by atoms with Crippen molar-refractivity contribution in [2.24, 2.45) is 5.92 Å². The van der Waals surface area contributed by atoms with E-state index in [4.69, 9.17) is 0 Å². The maximum atomic E-state index is 12.2. The van der Waals surface area contributed by atoms with Crippen LogP contribution in [0.3, 0.4) is 0 Å². The molecule has 2 aliphatic rings. The van der Waals surface area contributed by atoms with E-state index >= 15 is 0 Å². The highest BCUT2D eigenvalue weighted by molar-refractivity contribution is 7.93. The first kappa shape index (κ1) is 14.4. The number of hydrogen-bond acceptors (Lipinski definition) is 3. The molecule has 5 nitrogen and oxygen atoms in total. The van der Waals surface area contributed by atoms with Gasteiger partial charge < -0.3 is 5.32 Å². The first-order valence-corrected chi connectivity index (χ1v) is 8.99. The van der Waals surface area contributed by atoms with Gasteiger partial charge in [0.2, 0.25) is 10.0 Å². The summed E-state index contributed by atoms with van der Waals surface area (Å²) in [7, 11) is -3.21. The van der Waals surface area contributed by atoms with E-state index in [0.717, 1.165) is 0 Å². The number of carbonyl (C=O) groups excluding carboxylic acids is 1. The Kier molecular flexibility index (Phi) is 3.65. The Morgan fingerprint density at radius 3 is 2.76 bits per heavy atom. The molecule has 114 valence electrons. The number of nitrogens with one attached hydrogen (secondary N) is 1. The Morgan fingerprint density at radius 2 is 2.14 bits per heavy atom. The molecule has 1 amide bonds. The van der Waals surface area contributed by atoms with Crippen molar-refractivity contribution in [1.29, 1.82) is 0 Å². The first-order chi connectivity index (χ1) is 9.97. The summed E-state index contributed by atoms with van der Waals surface area (Å²) >= 11 is 0. The fourth-order valence-corrected chi connectivity index (χ4v) is 4.29. The van der Waals surface area contributed by atoms with Crippen LogP contribution in [0.25, 0.3) is 0 Å². The Bertz CT molecular complexity index is 653. The SMILES string of the molecule is CC(NC(=O)c1cccc(N2CCCS2(=O)=O)c1)C1CC1. The van der Waals surface area contributed by atoms with Crippen molar-refractivity contribution in [3.05, 3.63) is 29.8 Å². The molecule has 1 atom stereocenters. The highest BCUT2D eigenvalue weighted by Crippen LogP contribution is 2.32. The molecule has 1 heterocycles. The third kappa shape index (κ3) is 3.05. The molecule has 1 saturated heterocycles. The van der Waals surface area contributed by atoms with Gasteiger partial charge in [0.05, 0.1) is 11.4 Å². The summed E-state index contributed by atoms with van der Waals surface area (Å²) in [6.45, 7) is 2.51. The molecule has 2 fully saturated rings. The normalized spacial score (nSPS) is 22.0. The number of rotatable bonds is 4. The lowest BCUT2D eigenvalue weighted by atomic mass is 10.1. The van der Waals surface area contributed by atoms with Gasteiger partial charge in [-0.2, -0.15) is 0 Å². The van der Waals surface area contributed by atoms with E-state index in [1.807, 2.05) is 6.92 Å². The molecule has 21 heavy (non-hydrogen) atoms. The van der Waals surface area contributed by atoms with Gasteiger partial charge in [-0.05, 0) is 50.3 Å². The van der Waals surface area contributed by atoms with Gasteiger partial charge in [-0.15, -0.1) is 0 Å². The van der Waals surface area contributed by atoms with Crippen LogP contribution in [0.5, 0.6) is 0 Å². The summed E-state index contributed by atoms with van der Waals surface area (Å²) in [5.41, 5.74) is 1.10. The number of hydrogen-bond donors (Lipinski definition) is 1. The molecule has 6 heteroatoms. The molecule has 1 saturated carbocycles. The molecule has 1 aromatic carbocycles. The molecular formula is C15H20N2O3S. The largest absolute Gasteiger partial charge is 0.349 e. The van der Waals surface area contributed by atoms with Crippen LogP contribution in [0.2, 0.25) is 0 Å². The molecule has 0 spiro atoms. The van der Waals surface area contributed by atoms with Crippen molar-refractivity contribution in [3.8, 4) is 0 Å². The van der Waals surface area contributed by atoms with E-state index in [2.05, 4.69) is 5.32 Å². The molecule has 3 rings (SSSR count). The van der Waals surface area contributed by atoms with Crippen molar-refractivity contribution in [2.75, 3.05) is 16.6 Å². The van der Waals surface area contributed by atoms with Gasteiger partial charge in [-0.1, -0.05) is 6.07 Å². The lowest BCUT2D eigenvalue weighted by molar-refractivity contribution is 0.0936. The van der Waals surface area contributed by atoms with Gasteiger partial charge >= 0.3 is 0 Å². The molecule has 0 aromatic heterocycles. The maximum absolute atomic E-state index is 12.2. The van der Waals surface area contributed by atoms with Crippen molar-refractivity contribution >= 4 is 21.6 Å². The fraction of sp³-hybridized carbons (Fsp3) is 0.533. The lowest BCUT2D eigenvalue weighted by Crippen LogP contribution is -2.34. The average Bonchev–Trinajstić information content (AvgIpc) is 3.23. The molecule has 1 aromatic rings. The van der Waals surface area contributed by atoms with Crippen LogP contribution in [0.4, 0.5) is 5.69 Å². The summed E-state index contributed by atoms with van der Waals surface area (Å²) in [4.78, 5) is 12.2. The Morgan fingerprint density at radius 1 is 1.38 bits per heavy atom. The number of nitrogens with zero attached hydrogens (tertiary/aromatic N) is 1. The topological polar surface area (TPSA) is 66.5 Å². The van der Waals surface area contributed by atoms with Gasteiger partial charge in [-0.25, -0.2) is 8.42 Å². The van der Waals surface area contributed by atoms with Crippen LogP contribution in [-0.2, 0) is 10.0 Å². The van der Waals surface area contributed by atoms with Crippen LogP contribution < -0.4 is 9.62 Å². The third-order valence-electron chi connectivity index (χ3n) is 4.18. The second kappa shape index (κ2) is 5.33. The predicted molar refractivity (Wildman–Crippen MR) is 81.8 cm³/mol. The summed E-state index contributed by atoms with van der Waals surface area (Å²) < 4.78 is 25.3. The summed E-state index contributed by atoms with van der Waals surface area (Å²) in [6, 6.07) is 7.04. The summed E-state index contributed by atoms with van der Waals surface area (Å²) in [5, 5.41) is 2.99. The fourth-order valence-electron chi connectivity index (χ4n) is 2.74. The van der Waals surface area contributed by atoms with Crippen molar-refractivity contribution < 1.29 is 13.2 Å². The number of amides is 1. The number of sulfonamides is 1. The minimum atomic E-state index is -3.21. The van der Waals surface area contributed by atoms with Gasteiger partial charge in [0.1, 0.15) is 0 Å². The molecule has 1 aliphatic carbocycles. The highest BCUT2D eigenvalue weighted by atomic mass is 32.2. The van der Waals surface area contributed by atoms with Gasteiger partial charge in [-0.3, -0.25) is 9.10 Å². The second-order valence-corrected chi connectivity index (χ2v) is 7.90. The van der Waals surface area contributed by atoms with Crippen LogP contribution in [-0.4, -0.2) is 32.7 Å². The number of benzene rings is 1. The molecule has 1 N–H and O–H groups in total. The molecule has 1 aliphatic heterocycles. The van der Waals surface area contributed by atoms with Crippen molar-refractivity contribution in [1.82, 2.24) is 5.32 Å². The number of carbonyl (C=O) groups is 1. The Labute approximate surface area is 125 Å². The Hall–Kier alpha value is -1.56. The molecule has 1 unspecified atom stereocenters. The second-order valence-electron chi connectivity index (χ2n) is 5.89. The summed E-state index contributed by atoms with van der Waals surface area (Å²) in [5.74, 6) is 0.645. The quantitative estimate of drug-likeness (QED) is 0.921. The lowest BCUT2D eigenvalue weighted by Gasteiger charge is -2.18. The van der Waals surface area contributed by atoms with Gasteiger partial charge in [0.25, 0.3) is 5.91 Å². The molecular weight excluding hydrogens is 288 g/mol. The molecule has 0 bridgehead atoms. The van der Waals surface area contributed by atoms with Crippen LogP contribution in [0.1, 0.15) is 36.5 Å². The molecule has 0 radical (unpaired) electrons. The number of anilines is 1. The van der Waals surface area contributed by atoms with E-state index in [-0.39, 0.29) is 17.7 Å². The van der Waals surface area contributed by atoms with E-state index in [1.54, 1.807) is 24.3 Å². The van der Waals surface area contributed by atoms with Gasteiger partial charge in [0.15, 0.2) is 0 Å². The third-order valence-corrected chi connectivity index (χ3v) is 6.05. The van der Waals surface area contributed by atoms with E-state index in [1.165, 1.54) is 17.1 Å².